The number of nitrogens with zero attached hydrogens (tertiary/aromatic N) is 2. The molecule has 0 saturated carbocycles. The van der Waals surface area contributed by atoms with E-state index in [9.17, 15) is 9.90 Å². The summed E-state index contributed by atoms with van der Waals surface area (Å²) in [7, 11) is 0. The lowest BCUT2D eigenvalue weighted by molar-refractivity contribution is -0.137. The number of carbonyl (C=O) groups excluding carboxylic acids is 1. The quantitative estimate of drug-likeness (QED) is 0.779. The molecule has 1 aliphatic heterocycles. The predicted molar refractivity (Wildman–Crippen MR) is 95.4 cm³/mol. The van der Waals surface area contributed by atoms with E-state index < -0.39 is 0 Å². The Morgan fingerprint density at radius 1 is 1.52 bits per heavy atom. The monoisotopic (exact) mass is 336 g/mol. The molecule has 1 fully saturated rings. The molecule has 1 aliphatic rings. The van der Waals surface area contributed by atoms with E-state index in [2.05, 4.69) is 17.5 Å². The molecular formula is C18H28N2O2S. The highest BCUT2D eigenvalue weighted by Gasteiger charge is 2.30. The third-order valence-electron chi connectivity index (χ3n) is 4.75. The molecule has 2 unspecified atom stereocenters. The standard InChI is InChI=1S/C18H28N2O2S/c1-4-9-20(13-17-6-5-12-23-17)18(22)14(2)19-10-7-16(8-11-19)15(3)21/h4-6,12,14-16,21H,1,7-11,13H2,2-3H3. The van der Waals surface area contributed by atoms with E-state index in [1.165, 1.54) is 4.88 Å². The molecule has 23 heavy (non-hydrogen) atoms. The topological polar surface area (TPSA) is 43.8 Å². The first-order valence-electron chi connectivity index (χ1n) is 8.37. The third kappa shape index (κ3) is 4.90. The summed E-state index contributed by atoms with van der Waals surface area (Å²) in [4.78, 5) is 18.2. The van der Waals surface area contributed by atoms with E-state index in [0.717, 1.165) is 25.9 Å². The zero-order chi connectivity index (χ0) is 16.8. The summed E-state index contributed by atoms with van der Waals surface area (Å²) in [6, 6.07) is 3.96. The van der Waals surface area contributed by atoms with Gasteiger partial charge >= 0.3 is 0 Å². The van der Waals surface area contributed by atoms with Crippen LogP contribution in [0.4, 0.5) is 0 Å². The number of hydrogen-bond acceptors (Lipinski definition) is 4. The van der Waals surface area contributed by atoms with Crippen molar-refractivity contribution in [3.05, 3.63) is 35.0 Å². The zero-order valence-corrected chi connectivity index (χ0v) is 15.0. The summed E-state index contributed by atoms with van der Waals surface area (Å²) in [6.45, 7) is 10.6. The average molecular weight is 337 g/mol. The Kier molecular flexibility index (Phi) is 6.81. The van der Waals surface area contributed by atoms with E-state index in [1.54, 1.807) is 17.4 Å². The first-order valence-corrected chi connectivity index (χ1v) is 9.25. The van der Waals surface area contributed by atoms with Gasteiger partial charge in [0.1, 0.15) is 0 Å². The molecule has 2 rings (SSSR count). The van der Waals surface area contributed by atoms with Crippen molar-refractivity contribution in [1.82, 2.24) is 9.80 Å². The molecule has 1 aromatic heterocycles. The first-order chi connectivity index (χ1) is 11.0. The number of likely N-dealkylation sites (tertiary alicyclic amines) is 1. The van der Waals surface area contributed by atoms with E-state index in [0.29, 0.717) is 19.0 Å². The van der Waals surface area contributed by atoms with Crippen LogP contribution in [-0.2, 0) is 11.3 Å². The van der Waals surface area contributed by atoms with Gasteiger partial charge in [0.05, 0.1) is 18.7 Å². The molecule has 2 heterocycles. The van der Waals surface area contributed by atoms with Gasteiger partial charge in [0, 0.05) is 11.4 Å². The predicted octanol–water partition coefficient (Wildman–Crippen LogP) is 2.74. The lowest BCUT2D eigenvalue weighted by Gasteiger charge is -2.38. The molecule has 1 saturated heterocycles. The van der Waals surface area contributed by atoms with Crippen molar-refractivity contribution in [3.8, 4) is 0 Å². The fraction of sp³-hybridized carbons (Fsp3) is 0.611. The van der Waals surface area contributed by atoms with Crippen molar-refractivity contribution >= 4 is 17.2 Å². The molecule has 0 aliphatic carbocycles. The number of aliphatic hydroxyl groups is 1. The van der Waals surface area contributed by atoms with Crippen LogP contribution in [0.25, 0.3) is 0 Å². The maximum atomic E-state index is 12.9. The lowest BCUT2D eigenvalue weighted by atomic mass is 9.91. The highest BCUT2D eigenvalue weighted by atomic mass is 32.1. The van der Waals surface area contributed by atoms with Crippen LogP contribution >= 0.6 is 11.3 Å². The van der Waals surface area contributed by atoms with Gasteiger partial charge in [-0.15, -0.1) is 17.9 Å². The molecule has 0 spiro atoms. The molecular weight excluding hydrogens is 308 g/mol. The number of amides is 1. The average Bonchev–Trinajstić information content (AvgIpc) is 3.06. The van der Waals surface area contributed by atoms with Crippen molar-refractivity contribution < 1.29 is 9.90 Å². The van der Waals surface area contributed by atoms with Gasteiger partial charge in [-0.05, 0) is 57.1 Å². The minimum absolute atomic E-state index is 0.120. The Balaban J connectivity index is 1.94. The summed E-state index contributed by atoms with van der Waals surface area (Å²) in [5, 5.41) is 11.7. The smallest absolute Gasteiger partial charge is 0.240 e. The summed E-state index contributed by atoms with van der Waals surface area (Å²) in [5.41, 5.74) is 0. The van der Waals surface area contributed by atoms with Gasteiger partial charge in [0.15, 0.2) is 0 Å². The molecule has 5 heteroatoms. The Bertz CT molecular complexity index is 493. The van der Waals surface area contributed by atoms with Gasteiger partial charge in [0.2, 0.25) is 5.91 Å². The molecule has 0 bridgehead atoms. The fourth-order valence-electron chi connectivity index (χ4n) is 3.19. The van der Waals surface area contributed by atoms with Crippen LogP contribution in [0.1, 0.15) is 31.6 Å². The molecule has 0 aromatic carbocycles. The van der Waals surface area contributed by atoms with Crippen molar-refractivity contribution in [2.45, 2.75) is 45.4 Å². The van der Waals surface area contributed by atoms with Crippen molar-refractivity contribution in [3.63, 3.8) is 0 Å². The molecule has 4 nitrogen and oxygen atoms in total. The van der Waals surface area contributed by atoms with E-state index >= 15 is 0 Å². The van der Waals surface area contributed by atoms with Crippen molar-refractivity contribution in [1.29, 1.82) is 0 Å². The zero-order valence-electron chi connectivity index (χ0n) is 14.1. The number of piperidine rings is 1. The second-order valence-corrected chi connectivity index (χ2v) is 7.41. The summed E-state index contributed by atoms with van der Waals surface area (Å²) in [6.07, 6.45) is 3.46. The van der Waals surface area contributed by atoms with Gasteiger partial charge in [0.25, 0.3) is 0 Å². The number of thiophene rings is 1. The molecule has 0 radical (unpaired) electrons. The molecule has 1 aromatic rings. The highest BCUT2D eigenvalue weighted by Crippen LogP contribution is 2.23. The highest BCUT2D eigenvalue weighted by molar-refractivity contribution is 7.09. The maximum absolute atomic E-state index is 12.9. The first kappa shape index (κ1) is 18.2. The SMILES string of the molecule is C=CCN(Cc1cccs1)C(=O)C(C)N1CCC(C(C)O)CC1. The van der Waals surface area contributed by atoms with Crippen molar-refractivity contribution in [2.24, 2.45) is 5.92 Å². The number of carbonyl (C=O) groups is 1. The minimum atomic E-state index is -0.251. The second-order valence-electron chi connectivity index (χ2n) is 6.38. The fourth-order valence-corrected chi connectivity index (χ4v) is 3.91. The van der Waals surface area contributed by atoms with E-state index in [-0.39, 0.29) is 18.1 Å². The van der Waals surface area contributed by atoms with E-state index in [4.69, 9.17) is 0 Å². The van der Waals surface area contributed by atoms with Gasteiger partial charge in [-0.2, -0.15) is 0 Å². The molecule has 2 atom stereocenters. The minimum Gasteiger partial charge on any atom is -0.393 e. The summed E-state index contributed by atoms with van der Waals surface area (Å²) < 4.78 is 0. The normalized spacial score (nSPS) is 19.3. The Hall–Kier alpha value is -1.17. The molecule has 1 N–H and O–H groups in total. The largest absolute Gasteiger partial charge is 0.393 e. The lowest BCUT2D eigenvalue weighted by Crippen LogP contribution is -2.50. The maximum Gasteiger partial charge on any atom is 0.240 e. The van der Waals surface area contributed by atoms with Gasteiger partial charge in [-0.3, -0.25) is 9.69 Å². The van der Waals surface area contributed by atoms with Gasteiger partial charge in [-0.1, -0.05) is 12.1 Å². The van der Waals surface area contributed by atoms with Crippen molar-refractivity contribution in [2.75, 3.05) is 19.6 Å². The number of aliphatic hydroxyl groups excluding tert-OH is 1. The van der Waals surface area contributed by atoms with Crippen LogP contribution in [0.15, 0.2) is 30.2 Å². The van der Waals surface area contributed by atoms with E-state index in [1.807, 2.05) is 30.2 Å². The summed E-state index contributed by atoms with van der Waals surface area (Å²) >= 11 is 1.68. The molecule has 1 amide bonds. The van der Waals surface area contributed by atoms with Crippen LogP contribution in [0.3, 0.4) is 0 Å². The number of rotatable bonds is 7. The number of hydrogen-bond donors (Lipinski definition) is 1. The molecule has 128 valence electrons. The van der Waals surface area contributed by atoms with Crippen LogP contribution in [0.5, 0.6) is 0 Å². The third-order valence-corrected chi connectivity index (χ3v) is 5.61. The van der Waals surface area contributed by atoms with Crippen LogP contribution in [0.2, 0.25) is 0 Å². The Labute approximate surface area is 143 Å². The van der Waals surface area contributed by atoms with Crippen LogP contribution < -0.4 is 0 Å². The van der Waals surface area contributed by atoms with Gasteiger partial charge < -0.3 is 10.0 Å². The second kappa shape index (κ2) is 8.62. The van der Waals surface area contributed by atoms with Crippen LogP contribution in [-0.4, -0.2) is 52.6 Å². The summed E-state index contributed by atoms with van der Waals surface area (Å²) in [5.74, 6) is 0.526. The Morgan fingerprint density at radius 2 is 2.22 bits per heavy atom. The van der Waals surface area contributed by atoms with Gasteiger partial charge in [-0.25, -0.2) is 0 Å². The van der Waals surface area contributed by atoms with Crippen LogP contribution in [0, 0.1) is 5.92 Å². The Morgan fingerprint density at radius 3 is 2.74 bits per heavy atom.